The largest absolute Gasteiger partial charge is 0.0619 e. The zero-order valence-electron chi connectivity index (χ0n) is 28.6. The Bertz CT molecular complexity index is 2680. The highest BCUT2D eigenvalue weighted by molar-refractivity contribution is 6.12. The molecule has 0 nitrogen and oxygen atoms in total. The molecule has 1 atom stereocenters. The molecule has 0 bridgehead atoms. The number of aryl methyl sites for hydroxylation is 1. The molecule has 0 radical (unpaired) electrons. The molecule has 10 rings (SSSR count). The van der Waals surface area contributed by atoms with Gasteiger partial charge < -0.3 is 0 Å². The van der Waals surface area contributed by atoms with E-state index >= 15 is 0 Å². The molecular weight excluding hydrogens is 589 g/mol. The Morgan fingerprint density at radius 1 is 0.408 bits per heavy atom. The van der Waals surface area contributed by atoms with Crippen LogP contribution in [-0.4, -0.2) is 0 Å². The van der Waals surface area contributed by atoms with Gasteiger partial charge in [0.15, 0.2) is 0 Å². The smallest absolute Gasteiger partial charge is 0.0227 e. The van der Waals surface area contributed by atoms with Gasteiger partial charge in [0.25, 0.3) is 0 Å². The first-order valence-corrected chi connectivity index (χ1v) is 17.7. The highest BCUT2D eigenvalue weighted by atomic mass is 14.4. The summed E-state index contributed by atoms with van der Waals surface area (Å²) in [5.41, 5.74) is 16.4. The first-order chi connectivity index (χ1) is 23.8. The third-order valence-corrected chi connectivity index (χ3v) is 12.0. The van der Waals surface area contributed by atoms with Crippen molar-refractivity contribution in [2.45, 2.75) is 44.9 Å². The van der Waals surface area contributed by atoms with Crippen LogP contribution in [0.25, 0.3) is 65.7 Å². The van der Waals surface area contributed by atoms with Gasteiger partial charge in [0.2, 0.25) is 0 Å². The van der Waals surface area contributed by atoms with E-state index in [2.05, 4.69) is 173 Å². The van der Waals surface area contributed by atoms with Gasteiger partial charge in [0, 0.05) is 10.8 Å². The molecule has 0 heterocycles. The van der Waals surface area contributed by atoms with E-state index in [-0.39, 0.29) is 10.8 Å². The van der Waals surface area contributed by atoms with Crippen LogP contribution in [0.4, 0.5) is 0 Å². The predicted octanol–water partition coefficient (Wildman–Crippen LogP) is 13.0. The SMILES string of the molecule is Cc1cc2c(c3ccccc13)-c1ccccc1C2(C)Cc1ccc2c(-c3cccc4ccccc34)cc3c(c2c1)-c1ccccc1C3(C)C. The molecule has 0 fully saturated rings. The highest BCUT2D eigenvalue weighted by Crippen LogP contribution is 2.56. The van der Waals surface area contributed by atoms with Crippen molar-refractivity contribution in [3.05, 3.63) is 179 Å². The number of hydrogen-bond donors (Lipinski definition) is 0. The summed E-state index contributed by atoms with van der Waals surface area (Å²) in [4.78, 5) is 0. The van der Waals surface area contributed by atoms with Gasteiger partial charge in [-0.15, -0.1) is 0 Å². The van der Waals surface area contributed by atoms with Crippen molar-refractivity contribution in [1.82, 2.24) is 0 Å². The molecule has 0 saturated heterocycles. The van der Waals surface area contributed by atoms with E-state index in [9.17, 15) is 0 Å². The van der Waals surface area contributed by atoms with E-state index in [4.69, 9.17) is 0 Å². The average molecular weight is 627 g/mol. The van der Waals surface area contributed by atoms with Gasteiger partial charge in [-0.1, -0.05) is 160 Å². The number of fused-ring (bicyclic) bond motifs is 11. The van der Waals surface area contributed by atoms with Crippen molar-refractivity contribution in [2.75, 3.05) is 0 Å². The summed E-state index contributed by atoms with van der Waals surface area (Å²) < 4.78 is 0. The summed E-state index contributed by atoms with van der Waals surface area (Å²) in [5, 5.41) is 7.98. The van der Waals surface area contributed by atoms with Gasteiger partial charge in [0.05, 0.1) is 0 Å². The second-order valence-corrected chi connectivity index (χ2v) is 15.1. The Morgan fingerprint density at radius 2 is 1.02 bits per heavy atom. The van der Waals surface area contributed by atoms with Crippen molar-refractivity contribution in [3.8, 4) is 33.4 Å². The average Bonchev–Trinajstić information content (AvgIpc) is 3.51. The monoisotopic (exact) mass is 626 g/mol. The second-order valence-electron chi connectivity index (χ2n) is 15.1. The summed E-state index contributed by atoms with van der Waals surface area (Å²) in [5.74, 6) is 0. The lowest BCUT2D eigenvalue weighted by Gasteiger charge is -2.29. The van der Waals surface area contributed by atoms with E-state index in [0.29, 0.717) is 0 Å². The predicted molar refractivity (Wildman–Crippen MR) is 209 cm³/mol. The van der Waals surface area contributed by atoms with Gasteiger partial charge in [-0.05, 0) is 118 Å². The first-order valence-electron chi connectivity index (χ1n) is 17.7. The summed E-state index contributed by atoms with van der Waals surface area (Å²) in [6.45, 7) is 9.56. The van der Waals surface area contributed by atoms with Crippen LogP contribution in [0.2, 0.25) is 0 Å². The maximum absolute atomic E-state index is 2.54. The van der Waals surface area contributed by atoms with Gasteiger partial charge in [-0.2, -0.15) is 0 Å². The molecule has 2 aliphatic carbocycles. The molecular formula is C49H38. The lowest BCUT2D eigenvalue weighted by molar-refractivity contribution is 0.583. The molecule has 0 aromatic heterocycles. The fourth-order valence-corrected chi connectivity index (χ4v) is 9.65. The van der Waals surface area contributed by atoms with Crippen molar-refractivity contribution >= 4 is 32.3 Å². The van der Waals surface area contributed by atoms with Crippen molar-refractivity contribution in [1.29, 1.82) is 0 Å². The van der Waals surface area contributed by atoms with Crippen LogP contribution in [0, 0.1) is 6.92 Å². The summed E-state index contributed by atoms with van der Waals surface area (Å²) in [6.07, 6.45) is 0.934. The van der Waals surface area contributed by atoms with E-state index in [1.807, 2.05) is 0 Å². The second kappa shape index (κ2) is 10.0. The fraction of sp³-hybridized carbons (Fsp3) is 0.143. The van der Waals surface area contributed by atoms with Crippen molar-refractivity contribution in [2.24, 2.45) is 0 Å². The van der Waals surface area contributed by atoms with Gasteiger partial charge in [-0.25, -0.2) is 0 Å². The lowest BCUT2D eigenvalue weighted by atomic mass is 9.74. The Labute approximate surface area is 288 Å². The molecule has 234 valence electrons. The minimum Gasteiger partial charge on any atom is -0.0619 e. The van der Waals surface area contributed by atoms with Crippen molar-refractivity contribution in [3.63, 3.8) is 0 Å². The lowest BCUT2D eigenvalue weighted by Crippen LogP contribution is -2.24. The molecule has 0 N–H and O–H groups in total. The van der Waals surface area contributed by atoms with Crippen molar-refractivity contribution < 1.29 is 0 Å². The Balaban J connectivity index is 1.23. The third-order valence-electron chi connectivity index (χ3n) is 12.0. The molecule has 0 heteroatoms. The molecule has 0 aliphatic heterocycles. The number of benzene rings is 8. The van der Waals surface area contributed by atoms with E-state index in [0.717, 1.165) is 6.42 Å². The maximum atomic E-state index is 2.54. The molecule has 8 aromatic carbocycles. The number of hydrogen-bond acceptors (Lipinski definition) is 0. The summed E-state index contributed by atoms with van der Waals surface area (Å²) >= 11 is 0. The molecule has 2 aliphatic rings. The quantitative estimate of drug-likeness (QED) is 0.183. The highest BCUT2D eigenvalue weighted by Gasteiger charge is 2.41. The van der Waals surface area contributed by atoms with Crippen LogP contribution in [0.5, 0.6) is 0 Å². The minimum atomic E-state index is -0.151. The summed E-state index contributed by atoms with van der Waals surface area (Å²) in [7, 11) is 0. The summed E-state index contributed by atoms with van der Waals surface area (Å²) in [6, 6.07) is 55.1. The zero-order valence-corrected chi connectivity index (χ0v) is 28.6. The molecule has 0 spiro atoms. The zero-order chi connectivity index (χ0) is 33.1. The van der Waals surface area contributed by atoms with Crippen LogP contribution in [-0.2, 0) is 17.3 Å². The number of rotatable bonds is 3. The van der Waals surface area contributed by atoms with Crippen LogP contribution < -0.4 is 0 Å². The maximum Gasteiger partial charge on any atom is 0.0227 e. The molecule has 0 amide bonds. The van der Waals surface area contributed by atoms with E-state index < -0.39 is 0 Å². The van der Waals surface area contributed by atoms with E-state index in [1.165, 1.54) is 99.1 Å². The Hall–Kier alpha value is -5.46. The standard InChI is InChI=1S/C49H38/c1-30-26-45-46(37-18-8-7-16-33(30)37)39-20-10-12-23-43(39)49(45,4)29-31-24-25-36-40(35-21-13-15-32-14-5-6-17-34(32)35)28-44-47(41(36)27-31)38-19-9-11-22-42(38)48(44,2)3/h5-28H,29H2,1-4H3. The Morgan fingerprint density at radius 3 is 1.84 bits per heavy atom. The van der Waals surface area contributed by atoms with Gasteiger partial charge >= 0.3 is 0 Å². The topological polar surface area (TPSA) is 0 Å². The molecule has 8 aromatic rings. The van der Waals surface area contributed by atoms with Crippen LogP contribution in [0.3, 0.4) is 0 Å². The fourth-order valence-electron chi connectivity index (χ4n) is 9.65. The first kappa shape index (κ1) is 28.5. The van der Waals surface area contributed by atoms with Gasteiger partial charge in [-0.3, -0.25) is 0 Å². The van der Waals surface area contributed by atoms with E-state index in [1.54, 1.807) is 0 Å². The molecule has 49 heavy (non-hydrogen) atoms. The van der Waals surface area contributed by atoms with Crippen LogP contribution >= 0.6 is 0 Å². The van der Waals surface area contributed by atoms with Crippen LogP contribution in [0.15, 0.2) is 146 Å². The Kier molecular flexibility index (Phi) is 5.84. The normalized spacial score (nSPS) is 16.9. The molecule has 0 saturated carbocycles. The minimum absolute atomic E-state index is 0.0939. The van der Waals surface area contributed by atoms with Gasteiger partial charge in [0.1, 0.15) is 0 Å². The third kappa shape index (κ3) is 3.86. The van der Waals surface area contributed by atoms with Crippen LogP contribution in [0.1, 0.15) is 54.2 Å². The molecule has 1 unspecified atom stereocenters.